The van der Waals surface area contributed by atoms with Crippen molar-refractivity contribution in [1.29, 1.82) is 0 Å². The predicted molar refractivity (Wildman–Crippen MR) is 97.3 cm³/mol. The average molecular weight is 355 g/mol. The standard InChI is InChI=1S/C19H25N5O2/c25-19(18-14-24(22-21-18)16-5-2-1-3-6-16)20-15-8-10-23(11-9-15)13-17-7-4-12-26-17/h1-3,5-6,14-15,17H,4,7-13H2,(H,20,25)/t17-/m1/s1. The summed E-state index contributed by atoms with van der Waals surface area (Å²) in [6, 6.07) is 9.87. The first-order valence-electron chi connectivity index (χ1n) is 9.40. The van der Waals surface area contributed by atoms with Crippen LogP contribution >= 0.6 is 0 Å². The lowest BCUT2D eigenvalue weighted by Gasteiger charge is -2.33. The molecule has 0 spiro atoms. The van der Waals surface area contributed by atoms with Crippen molar-refractivity contribution < 1.29 is 9.53 Å². The van der Waals surface area contributed by atoms with E-state index in [2.05, 4.69) is 20.5 Å². The molecule has 2 aliphatic heterocycles. The summed E-state index contributed by atoms with van der Waals surface area (Å²) in [7, 11) is 0. The first-order chi connectivity index (χ1) is 12.8. The number of benzene rings is 1. The topological polar surface area (TPSA) is 72.3 Å². The molecule has 2 fully saturated rings. The summed E-state index contributed by atoms with van der Waals surface area (Å²) >= 11 is 0. The molecule has 2 aromatic rings. The van der Waals surface area contributed by atoms with Crippen LogP contribution in [0.25, 0.3) is 5.69 Å². The Hall–Kier alpha value is -2.25. The van der Waals surface area contributed by atoms with Crippen molar-refractivity contribution in [2.24, 2.45) is 0 Å². The van der Waals surface area contributed by atoms with Crippen molar-refractivity contribution in [3.05, 3.63) is 42.2 Å². The molecule has 138 valence electrons. The molecule has 0 unspecified atom stereocenters. The zero-order valence-electron chi connectivity index (χ0n) is 14.9. The molecule has 0 bridgehead atoms. The lowest BCUT2D eigenvalue weighted by atomic mass is 10.0. The SMILES string of the molecule is O=C(NC1CCN(C[C@H]2CCCO2)CC1)c1cn(-c2ccccc2)nn1. The summed E-state index contributed by atoms with van der Waals surface area (Å²) in [6.07, 6.45) is 6.36. The highest BCUT2D eigenvalue weighted by atomic mass is 16.5. The van der Waals surface area contributed by atoms with Crippen LogP contribution in [0.2, 0.25) is 0 Å². The molecule has 0 saturated carbocycles. The smallest absolute Gasteiger partial charge is 0.273 e. The molecule has 3 heterocycles. The molecule has 4 rings (SSSR count). The molecule has 7 heteroatoms. The molecule has 7 nitrogen and oxygen atoms in total. The third kappa shape index (κ3) is 4.11. The third-order valence-electron chi connectivity index (χ3n) is 5.16. The van der Waals surface area contributed by atoms with E-state index in [0.717, 1.165) is 44.8 Å². The molecular formula is C19H25N5O2. The zero-order valence-corrected chi connectivity index (χ0v) is 14.9. The van der Waals surface area contributed by atoms with Crippen molar-refractivity contribution in [3.8, 4) is 5.69 Å². The number of amides is 1. The summed E-state index contributed by atoms with van der Waals surface area (Å²) in [5.41, 5.74) is 1.25. The summed E-state index contributed by atoms with van der Waals surface area (Å²) < 4.78 is 7.34. The van der Waals surface area contributed by atoms with Gasteiger partial charge >= 0.3 is 0 Å². The molecule has 1 atom stereocenters. The van der Waals surface area contributed by atoms with Gasteiger partial charge in [-0.3, -0.25) is 4.79 Å². The third-order valence-corrected chi connectivity index (χ3v) is 5.16. The van der Waals surface area contributed by atoms with Gasteiger partial charge in [-0.1, -0.05) is 23.4 Å². The normalized spacial score (nSPS) is 21.8. The lowest BCUT2D eigenvalue weighted by molar-refractivity contribution is 0.0612. The van der Waals surface area contributed by atoms with Crippen molar-refractivity contribution >= 4 is 5.91 Å². The fraction of sp³-hybridized carbons (Fsp3) is 0.526. The number of hydrogen-bond donors (Lipinski definition) is 1. The van der Waals surface area contributed by atoms with Gasteiger partial charge in [0.05, 0.1) is 18.0 Å². The summed E-state index contributed by atoms with van der Waals surface area (Å²) in [6.45, 7) is 3.93. The van der Waals surface area contributed by atoms with E-state index in [1.54, 1.807) is 10.9 Å². The Morgan fingerprint density at radius 1 is 1.19 bits per heavy atom. The van der Waals surface area contributed by atoms with Gasteiger partial charge in [-0.2, -0.15) is 0 Å². The van der Waals surface area contributed by atoms with Gasteiger partial charge in [0.15, 0.2) is 5.69 Å². The molecule has 1 N–H and O–H groups in total. The van der Waals surface area contributed by atoms with Crippen LogP contribution in [0.5, 0.6) is 0 Å². The molecule has 0 aliphatic carbocycles. The van der Waals surface area contributed by atoms with E-state index in [0.29, 0.717) is 11.8 Å². The number of likely N-dealkylation sites (tertiary alicyclic amines) is 1. The number of piperidine rings is 1. The van der Waals surface area contributed by atoms with Crippen LogP contribution in [0.1, 0.15) is 36.2 Å². The molecule has 26 heavy (non-hydrogen) atoms. The van der Waals surface area contributed by atoms with E-state index in [4.69, 9.17) is 4.74 Å². The number of nitrogens with one attached hydrogen (secondary N) is 1. The number of rotatable bonds is 5. The van der Waals surface area contributed by atoms with E-state index in [1.165, 1.54) is 12.8 Å². The molecule has 1 amide bonds. The van der Waals surface area contributed by atoms with Gasteiger partial charge in [-0.05, 0) is 37.8 Å². The number of carbonyl (C=O) groups is 1. The van der Waals surface area contributed by atoms with Crippen LogP contribution in [0.15, 0.2) is 36.5 Å². The Kier molecular flexibility index (Phi) is 5.26. The van der Waals surface area contributed by atoms with Gasteiger partial charge < -0.3 is 15.0 Å². The molecule has 2 aliphatic rings. The molecule has 1 aromatic heterocycles. The van der Waals surface area contributed by atoms with Crippen molar-refractivity contribution in [2.75, 3.05) is 26.2 Å². The van der Waals surface area contributed by atoms with Crippen molar-refractivity contribution in [1.82, 2.24) is 25.2 Å². The Labute approximate surface area is 153 Å². The Morgan fingerprint density at radius 2 is 2.00 bits per heavy atom. The molecular weight excluding hydrogens is 330 g/mol. The second-order valence-corrected chi connectivity index (χ2v) is 7.07. The average Bonchev–Trinajstić information content (AvgIpc) is 3.36. The molecule has 0 radical (unpaired) electrons. The Bertz CT molecular complexity index is 719. The quantitative estimate of drug-likeness (QED) is 0.883. The number of nitrogens with zero attached hydrogens (tertiary/aromatic N) is 4. The van der Waals surface area contributed by atoms with Gasteiger partial charge in [-0.25, -0.2) is 4.68 Å². The minimum Gasteiger partial charge on any atom is -0.377 e. The van der Waals surface area contributed by atoms with Crippen LogP contribution in [0.4, 0.5) is 0 Å². The number of ether oxygens (including phenoxy) is 1. The number of aromatic nitrogens is 3. The van der Waals surface area contributed by atoms with Crippen LogP contribution in [-0.4, -0.2) is 64.2 Å². The van der Waals surface area contributed by atoms with Crippen molar-refractivity contribution in [2.45, 2.75) is 37.8 Å². The second kappa shape index (κ2) is 7.97. The van der Waals surface area contributed by atoms with Gasteiger partial charge in [0.1, 0.15) is 0 Å². The lowest BCUT2D eigenvalue weighted by Crippen LogP contribution is -2.46. The van der Waals surface area contributed by atoms with E-state index >= 15 is 0 Å². The van der Waals surface area contributed by atoms with Gasteiger partial charge in [0, 0.05) is 32.3 Å². The summed E-state index contributed by atoms with van der Waals surface area (Å²) in [5, 5.41) is 11.2. The first kappa shape index (κ1) is 17.2. The highest BCUT2D eigenvalue weighted by molar-refractivity contribution is 5.92. The highest BCUT2D eigenvalue weighted by Gasteiger charge is 2.25. The number of carbonyl (C=O) groups excluding carboxylic acids is 1. The van der Waals surface area contributed by atoms with Crippen molar-refractivity contribution in [3.63, 3.8) is 0 Å². The predicted octanol–water partition coefficient (Wildman–Crippen LogP) is 1.64. The summed E-state index contributed by atoms with van der Waals surface area (Å²) in [4.78, 5) is 14.9. The zero-order chi connectivity index (χ0) is 17.8. The van der Waals surface area contributed by atoms with Crippen LogP contribution in [-0.2, 0) is 4.74 Å². The Morgan fingerprint density at radius 3 is 2.73 bits per heavy atom. The van der Waals surface area contributed by atoms with E-state index < -0.39 is 0 Å². The minimum absolute atomic E-state index is 0.148. The van der Waals surface area contributed by atoms with Gasteiger partial charge in [0.2, 0.25) is 0 Å². The van der Waals surface area contributed by atoms with Gasteiger partial charge in [-0.15, -0.1) is 5.10 Å². The van der Waals surface area contributed by atoms with E-state index in [1.807, 2.05) is 30.3 Å². The number of para-hydroxylation sites is 1. The van der Waals surface area contributed by atoms with E-state index in [9.17, 15) is 4.79 Å². The van der Waals surface area contributed by atoms with E-state index in [-0.39, 0.29) is 11.9 Å². The largest absolute Gasteiger partial charge is 0.377 e. The minimum atomic E-state index is -0.148. The van der Waals surface area contributed by atoms with Crippen LogP contribution in [0, 0.1) is 0 Å². The van der Waals surface area contributed by atoms with Crippen LogP contribution < -0.4 is 5.32 Å². The maximum atomic E-state index is 12.5. The van der Waals surface area contributed by atoms with Crippen LogP contribution in [0.3, 0.4) is 0 Å². The first-order valence-corrected chi connectivity index (χ1v) is 9.40. The second-order valence-electron chi connectivity index (χ2n) is 7.07. The monoisotopic (exact) mass is 355 g/mol. The fourth-order valence-electron chi connectivity index (χ4n) is 3.67. The van der Waals surface area contributed by atoms with Gasteiger partial charge in [0.25, 0.3) is 5.91 Å². The maximum Gasteiger partial charge on any atom is 0.273 e. The Balaban J connectivity index is 1.27. The fourth-order valence-corrected chi connectivity index (χ4v) is 3.67. The summed E-state index contributed by atoms with van der Waals surface area (Å²) in [5.74, 6) is -0.148. The highest BCUT2D eigenvalue weighted by Crippen LogP contribution is 2.17. The number of hydrogen-bond acceptors (Lipinski definition) is 5. The molecule has 1 aromatic carbocycles. The molecule has 2 saturated heterocycles. The maximum absolute atomic E-state index is 12.5.